The number of nitrogens with one attached hydrogen (secondary N) is 1. The van der Waals surface area contributed by atoms with E-state index in [9.17, 15) is 9.59 Å². The summed E-state index contributed by atoms with van der Waals surface area (Å²) in [7, 11) is 1.54. The van der Waals surface area contributed by atoms with Gasteiger partial charge >= 0.3 is 5.63 Å². The minimum Gasteiger partial charge on any atom is -0.497 e. The van der Waals surface area contributed by atoms with Crippen molar-refractivity contribution in [1.29, 1.82) is 0 Å². The zero-order valence-electron chi connectivity index (χ0n) is 15.5. The van der Waals surface area contributed by atoms with Gasteiger partial charge in [0, 0.05) is 20.3 Å². The van der Waals surface area contributed by atoms with E-state index in [2.05, 4.69) is 26.2 Å². The van der Waals surface area contributed by atoms with Gasteiger partial charge in [0.1, 0.15) is 16.9 Å². The molecular formula is C21H15BrN2O4S. The number of fused-ring (bicyclic) bond motifs is 1. The molecule has 29 heavy (non-hydrogen) atoms. The van der Waals surface area contributed by atoms with Crippen molar-refractivity contribution in [3.05, 3.63) is 73.9 Å². The molecule has 0 aliphatic carbocycles. The number of amides is 1. The summed E-state index contributed by atoms with van der Waals surface area (Å²) in [5.74, 6) is 0.0342. The Morgan fingerprint density at radius 2 is 1.93 bits per heavy atom. The maximum atomic E-state index is 12.7. The summed E-state index contributed by atoms with van der Waals surface area (Å²) in [6.45, 7) is 1.93. The molecule has 0 radical (unpaired) electrons. The van der Waals surface area contributed by atoms with Gasteiger partial charge in [-0.25, -0.2) is 9.78 Å². The van der Waals surface area contributed by atoms with Crippen LogP contribution in [0.25, 0.3) is 22.2 Å². The normalized spacial score (nSPS) is 10.9. The first-order valence-electron chi connectivity index (χ1n) is 8.61. The molecule has 0 spiro atoms. The minimum absolute atomic E-state index is 0.0937. The Morgan fingerprint density at radius 1 is 1.17 bits per heavy atom. The fraction of sp³-hybridized carbons (Fsp3) is 0.0952. The minimum atomic E-state index is -0.707. The molecule has 0 aliphatic rings. The lowest BCUT2D eigenvalue weighted by atomic mass is 10.1. The second-order valence-electron chi connectivity index (χ2n) is 6.24. The Hall–Kier alpha value is -2.97. The molecule has 0 unspecified atom stereocenters. The van der Waals surface area contributed by atoms with E-state index in [4.69, 9.17) is 9.15 Å². The van der Waals surface area contributed by atoms with Crippen molar-refractivity contribution in [3.8, 4) is 17.0 Å². The number of thiazole rings is 1. The van der Waals surface area contributed by atoms with E-state index in [-0.39, 0.29) is 5.56 Å². The Kier molecular flexibility index (Phi) is 5.21. The molecular weight excluding hydrogens is 456 g/mol. The molecule has 6 nitrogen and oxygen atoms in total. The lowest BCUT2D eigenvalue weighted by Gasteiger charge is -2.04. The lowest BCUT2D eigenvalue weighted by molar-refractivity contribution is 0.102. The Bertz CT molecular complexity index is 1280. The maximum absolute atomic E-state index is 12.7. The fourth-order valence-corrected chi connectivity index (χ4v) is 3.97. The van der Waals surface area contributed by atoms with Crippen LogP contribution < -0.4 is 15.7 Å². The Balaban J connectivity index is 1.64. The van der Waals surface area contributed by atoms with Crippen LogP contribution in [0, 0.1) is 6.92 Å². The molecule has 1 N–H and O–H groups in total. The number of rotatable bonds is 4. The SMILES string of the molecule is COc1ccc2oc(=O)c(C(=O)Nc3nc(-c4ccc(Br)cc4)c(C)s3)cc2c1. The van der Waals surface area contributed by atoms with Gasteiger partial charge in [-0.15, -0.1) is 11.3 Å². The van der Waals surface area contributed by atoms with E-state index in [0.29, 0.717) is 21.9 Å². The van der Waals surface area contributed by atoms with Crippen molar-refractivity contribution in [2.45, 2.75) is 6.92 Å². The predicted molar refractivity (Wildman–Crippen MR) is 117 cm³/mol. The van der Waals surface area contributed by atoms with Crippen LogP contribution in [0.15, 0.2) is 62.2 Å². The highest BCUT2D eigenvalue weighted by molar-refractivity contribution is 9.10. The van der Waals surface area contributed by atoms with Gasteiger partial charge < -0.3 is 9.15 Å². The summed E-state index contributed by atoms with van der Waals surface area (Å²) in [5.41, 5.74) is 1.31. The molecule has 2 heterocycles. The van der Waals surface area contributed by atoms with E-state index >= 15 is 0 Å². The van der Waals surface area contributed by atoms with Crippen LogP contribution >= 0.6 is 27.3 Å². The van der Waals surface area contributed by atoms with Gasteiger partial charge in [0.15, 0.2) is 5.13 Å². The van der Waals surface area contributed by atoms with E-state index in [1.54, 1.807) is 25.3 Å². The van der Waals surface area contributed by atoms with Crippen molar-refractivity contribution in [1.82, 2.24) is 4.98 Å². The number of carbonyl (C=O) groups is 1. The fourth-order valence-electron chi connectivity index (χ4n) is 2.88. The second-order valence-corrected chi connectivity index (χ2v) is 8.35. The van der Waals surface area contributed by atoms with Gasteiger partial charge in [-0.2, -0.15) is 0 Å². The number of ether oxygens (including phenoxy) is 1. The largest absolute Gasteiger partial charge is 0.497 e. The maximum Gasteiger partial charge on any atom is 0.349 e. The van der Waals surface area contributed by atoms with Crippen LogP contribution in [-0.4, -0.2) is 18.0 Å². The van der Waals surface area contributed by atoms with E-state index in [0.717, 1.165) is 20.6 Å². The van der Waals surface area contributed by atoms with Gasteiger partial charge in [0.25, 0.3) is 5.91 Å². The molecule has 0 atom stereocenters. The zero-order valence-corrected chi connectivity index (χ0v) is 17.9. The number of carbonyl (C=O) groups excluding carboxylic acids is 1. The van der Waals surface area contributed by atoms with Gasteiger partial charge in [-0.3, -0.25) is 10.1 Å². The third-order valence-electron chi connectivity index (χ3n) is 4.32. The van der Waals surface area contributed by atoms with Crippen molar-refractivity contribution in [2.24, 2.45) is 0 Å². The van der Waals surface area contributed by atoms with Crippen molar-refractivity contribution < 1.29 is 13.9 Å². The predicted octanol–water partition coefficient (Wildman–Crippen LogP) is 5.25. The quantitative estimate of drug-likeness (QED) is 0.412. The topological polar surface area (TPSA) is 81.4 Å². The van der Waals surface area contributed by atoms with Crippen LogP contribution in [0.2, 0.25) is 0 Å². The van der Waals surface area contributed by atoms with Gasteiger partial charge in [0.05, 0.1) is 12.8 Å². The highest BCUT2D eigenvalue weighted by Crippen LogP contribution is 2.31. The van der Waals surface area contributed by atoms with Crippen LogP contribution in [0.4, 0.5) is 5.13 Å². The van der Waals surface area contributed by atoms with Crippen molar-refractivity contribution in [3.63, 3.8) is 0 Å². The molecule has 1 amide bonds. The molecule has 0 aliphatic heterocycles. The summed E-state index contributed by atoms with van der Waals surface area (Å²) in [6.07, 6.45) is 0. The lowest BCUT2D eigenvalue weighted by Crippen LogP contribution is -2.20. The standard InChI is InChI=1S/C21H15BrN2O4S/c1-11-18(12-3-5-14(22)6-4-12)23-21(29-11)24-19(25)16-10-13-9-15(27-2)7-8-17(13)28-20(16)26/h3-10H,1-2H3,(H,23,24,25). The molecule has 4 rings (SSSR count). The van der Waals surface area contributed by atoms with Gasteiger partial charge in [0.2, 0.25) is 0 Å². The number of halogens is 1. The van der Waals surface area contributed by atoms with E-state index in [1.165, 1.54) is 17.4 Å². The number of anilines is 1. The smallest absolute Gasteiger partial charge is 0.349 e. The van der Waals surface area contributed by atoms with Crippen molar-refractivity contribution >= 4 is 49.3 Å². The molecule has 0 saturated heterocycles. The molecule has 0 bridgehead atoms. The number of hydrogen-bond acceptors (Lipinski definition) is 6. The summed E-state index contributed by atoms with van der Waals surface area (Å²) < 4.78 is 11.4. The molecule has 146 valence electrons. The number of hydrogen-bond donors (Lipinski definition) is 1. The van der Waals surface area contributed by atoms with Crippen LogP contribution in [0.3, 0.4) is 0 Å². The highest BCUT2D eigenvalue weighted by atomic mass is 79.9. The van der Waals surface area contributed by atoms with Crippen molar-refractivity contribution in [2.75, 3.05) is 12.4 Å². The first-order valence-corrected chi connectivity index (χ1v) is 10.2. The molecule has 0 saturated carbocycles. The van der Waals surface area contributed by atoms with Crippen LogP contribution in [0.1, 0.15) is 15.2 Å². The zero-order chi connectivity index (χ0) is 20.5. The number of aryl methyl sites for hydroxylation is 1. The molecule has 2 aromatic heterocycles. The summed E-state index contributed by atoms with van der Waals surface area (Å²) in [5, 5.41) is 3.71. The summed E-state index contributed by atoms with van der Waals surface area (Å²) in [4.78, 5) is 30.4. The van der Waals surface area contributed by atoms with E-state index < -0.39 is 11.5 Å². The molecule has 0 fully saturated rings. The Labute approximate surface area is 178 Å². The monoisotopic (exact) mass is 470 g/mol. The second kappa shape index (κ2) is 7.81. The van der Waals surface area contributed by atoms with Crippen LogP contribution in [0.5, 0.6) is 5.75 Å². The number of nitrogens with zero attached hydrogens (tertiary/aromatic N) is 1. The first kappa shape index (κ1) is 19.4. The van der Waals surface area contributed by atoms with Gasteiger partial charge in [-0.1, -0.05) is 28.1 Å². The molecule has 8 heteroatoms. The average molecular weight is 471 g/mol. The average Bonchev–Trinajstić information content (AvgIpc) is 3.07. The van der Waals surface area contributed by atoms with Crippen LogP contribution in [-0.2, 0) is 0 Å². The van der Waals surface area contributed by atoms with Gasteiger partial charge in [-0.05, 0) is 43.3 Å². The molecule has 4 aromatic rings. The molecule has 2 aromatic carbocycles. The summed E-state index contributed by atoms with van der Waals surface area (Å²) >= 11 is 4.76. The first-order chi connectivity index (χ1) is 13.9. The highest BCUT2D eigenvalue weighted by Gasteiger charge is 2.17. The summed E-state index contributed by atoms with van der Waals surface area (Å²) in [6, 6.07) is 14.3. The number of aromatic nitrogens is 1. The third kappa shape index (κ3) is 3.94. The number of benzene rings is 2. The third-order valence-corrected chi connectivity index (χ3v) is 5.73. The van der Waals surface area contributed by atoms with E-state index in [1.807, 2.05) is 31.2 Å². The Morgan fingerprint density at radius 3 is 2.66 bits per heavy atom. The number of methoxy groups -OCH3 is 1.